The normalized spacial score (nSPS) is 14.5. The van der Waals surface area contributed by atoms with Crippen molar-refractivity contribution in [3.8, 4) is 0 Å². The number of hydrogen-bond donors (Lipinski definition) is 1. The van der Waals surface area contributed by atoms with Gasteiger partial charge in [0.05, 0.1) is 50.8 Å². The predicted molar refractivity (Wildman–Crippen MR) is 139 cm³/mol. The molecule has 0 bridgehead atoms. The van der Waals surface area contributed by atoms with Crippen LogP contribution in [-0.2, 0) is 38.1 Å². The van der Waals surface area contributed by atoms with E-state index < -0.39 is 23.0 Å². The number of carbonyl (C=O) groups excluding carboxylic acids is 4. The molecule has 0 fully saturated rings. The Labute approximate surface area is 221 Å². The minimum atomic E-state index is -0.491. The van der Waals surface area contributed by atoms with Gasteiger partial charge in [-0.2, -0.15) is 0 Å². The van der Waals surface area contributed by atoms with Crippen molar-refractivity contribution in [2.24, 2.45) is 5.41 Å². The Morgan fingerprint density at radius 2 is 1.35 bits per heavy atom. The third-order valence-electron chi connectivity index (χ3n) is 5.73. The van der Waals surface area contributed by atoms with Crippen molar-refractivity contribution in [2.75, 3.05) is 52.7 Å². The van der Waals surface area contributed by atoms with Crippen LogP contribution in [0.1, 0.15) is 67.7 Å². The van der Waals surface area contributed by atoms with Gasteiger partial charge in [0.25, 0.3) is 11.8 Å². The molecule has 3 amide bonds. The van der Waals surface area contributed by atoms with Crippen LogP contribution in [0.25, 0.3) is 0 Å². The van der Waals surface area contributed by atoms with Gasteiger partial charge < -0.3 is 24.3 Å². The Morgan fingerprint density at radius 1 is 0.784 bits per heavy atom. The summed E-state index contributed by atoms with van der Waals surface area (Å²) in [5, 5.41) is 2.68. The maximum absolute atomic E-state index is 12.2. The molecule has 10 nitrogen and oxygen atoms in total. The summed E-state index contributed by atoms with van der Waals surface area (Å²) in [6.07, 6.45) is 3.59. The van der Waals surface area contributed by atoms with Gasteiger partial charge in [0.2, 0.25) is 5.91 Å². The summed E-state index contributed by atoms with van der Waals surface area (Å²) in [5.41, 5.74) is -1.24. The van der Waals surface area contributed by atoms with Crippen LogP contribution in [0.4, 0.5) is 0 Å². The molecule has 0 radical (unpaired) electrons. The molecule has 212 valence electrons. The lowest BCUT2D eigenvalue weighted by molar-refractivity contribution is -0.137. The second-order valence-electron chi connectivity index (χ2n) is 11.3. The van der Waals surface area contributed by atoms with Crippen molar-refractivity contribution in [2.45, 2.75) is 78.9 Å². The summed E-state index contributed by atoms with van der Waals surface area (Å²) in [6, 6.07) is 0. The number of nitrogens with zero attached hydrogens (tertiary/aromatic N) is 1. The third kappa shape index (κ3) is 14.4. The average molecular weight is 527 g/mol. The zero-order chi connectivity index (χ0) is 28.1. The van der Waals surface area contributed by atoms with Gasteiger partial charge in [0, 0.05) is 43.5 Å². The summed E-state index contributed by atoms with van der Waals surface area (Å²) < 4.78 is 22.9. The Hall–Kier alpha value is -2.14. The lowest BCUT2D eigenvalue weighted by Gasteiger charge is -2.32. The molecule has 0 atom stereocenters. The number of rotatable bonds is 19. The molecule has 1 aliphatic heterocycles. The Balaban J connectivity index is 2.03. The maximum atomic E-state index is 12.2. The molecule has 0 aromatic rings. The van der Waals surface area contributed by atoms with E-state index in [-0.39, 0.29) is 30.1 Å². The summed E-state index contributed by atoms with van der Waals surface area (Å²) in [6.45, 7) is 16.4. The molecular formula is C27H46N2O8. The highest BCUT2D eigenvalue weighted by molar-refractivity contribution is 6.13. The van der Waals surface area contributed by atoms with E-state index in [0.717, 1.165) is 4.90 Å². The van der Waals surface area contributed by atoms with E-state index in [1.807, 2.05) is 48.5 Å². The molecule has 1 aliphatic rings. The number of ether oxygens (including phenoxy) is 4. The molecule has 0 aromatic carbocycles. The maximum Gasteiger partial charge on any atom is 0.253 e. The van der Waals surface area contributed by atoms with E-state index in [0.29, 0.717) is 59.0 Å². The molecule has 1 rings (SSSR count). The SMILES string of the molecule is CC(C)(CCC(=O)C(C)(C)C)OCC(C)(C)OCCOCCOCCNC(=O)CCN1C(=O)C=CC1=O. The molecule has 0 saturated heterocycles. The van der Waals surface area contributed by atoms with Crippen molar-refractivity contribution in [1.82, 2.24) is 10.2 Å². The minimum absolute atomic E-state index is 0.0536. The lowest BCUT2D eigenvalue weighted by atomic mass is 9.86. The number of hydrogen-bond acceptors (Lipinski definition) is 8. The van der Waals surface area contributed by atoms with Crippen molar-refractivity contribution in [3.63, 3.8) is 0 Å². The monoisotopic (exact) mass is 526 g/mol. The van der Waals surface area contributed by atoms with Gasteiger partial charge in [-0.1, -0.05) is 20.8 Å². The zero-order valence-corrected chi connectivity index (χ0v) is 23.6. The fraction of sp³-hybridized carbons (Fsp3) is 0.778. The second-order valence-corrected chi connectivity index (χ2v) is 11.3. The van der Waals surface area contributed by atoms with Gasteiger partial charge in [-0.3, -0.25) is 24.1 Å². The number of Topliss-reactive ketones (excluding diaryl/α,β-unsaturated/α-hetero) is 1. The number of amides is 3. The fourth-order valence-corrected chi connectivity index (χ4v) is 3.19. The highest BCUT2D eigenvalue weighted by Crippen LogP contribution is 2.24. The van der Waals surface area contributed by atoms with Gasteiger partial charge in [-0.15, -0.1) is 0 Å². The fourth-order valence-electron chi connectivity index (χ4n) is 3.19. The second kappa shape index (κ2) is 15.3. The highest BCUT2D eigenvalue weighted by atomic mass is 16.6. The quantitative estimate of drug-likeness (QED) is 0.201. The molecule has 37 heavy (non-hydrogen) atoms. The first-order valence-corrected chi connectivity index (χ1v) is 12.9. The van der Waals surface area contributed by atoms with Gasteiger partial charge in [0.15, 0.2) is 0 Å². The molecular weight excluding hydrogens is 480 g/mol. The molecule has 0 aromatic heterocycles. The van der Waals surface area contributed by atoms with Crippen LogP contribution >= 0.6 is 0 Å². The van der Waals surface area contributed by atoms with E-state index in [2.05, 4.69) is 5.32 Å². The van der Waals surface area contributed by atoms with E-state index in [1.165, 1.54) is 12.2 Å². The van der Waals surface area contributed by atoms with Gasteiger partial charge in [-0.25, -0.2) is 0 Å². The number of ketones is 1. The van der Waals surface area contributed by atoms with Crippen LogP contribution in [0.2, 0.25) is 0 Å². The van der Waals surface area contributed by atoms with Crippen LogP contribution in [0, 0.1) is 5.41 Å². The summed E-state index contributed by atoms with van der Waals surface area (Å²) in [5.74, 6) is -0.812. The van der Waals surface area contributed by atoms with E-state index >= 15 is 0 Å². The van der Waals surface area contributed by atoms with E-state index in [4.69, 9.17) is 18.9 Å². The first-order chi connectivity index (χ1) is 17.1. The molecule has 0 spiro atoms. The predicted octanol–water partition coefficient (Wildman–Crippen LogP) is 2.44. The number of imide groups is 1. The van der Waals surface area contributed by atoms with E-state index in [9.17, 15) is 19.2 Å². The van der Waals surface area contributed by atoms with Crippen LogP contribution < -0.4 is 5.32 Å². The van der Waals surface area contributed by atoms with Gasteiger partial charge >= 0.3 is 0 Å². The summed E-state index contributed by atoms with van der Waals surface area (Å²) >= 11 is 0. The van der Waals surface area contributed by atoms with Crippen molar-refractivity contribution < 1.29 is 38.1 Å². The first kappa shape index (κ1) is 32.9. The Kier molecular flexibility index (Phi) is 13.6. The van der Waals surface area contributed by atoms with Crippen LogP contribution in [0.3, 0.4) is 0 Å². The van der Waals surface area contributed by atoms with Crippen molar-refractivity contribution >= 4 is 23.5 Å². The standard InChI is InChI=1S/C27H46N2O8/c1-25(2,3)21(30)10-12-26(4,5)37-20-27(6,7)36-19-18-35-17-16-34-15-13-28-22(31)11-14-29-23(32)8-9-24(29)33/h8-9H,10-20H2,1-7H3,(H,28,31). The Bertz CT molecular complexity index is 781. The zero-order valence-electron chi connectivity index (χ0n) is 23.6. The molecule has 10 heteroatoms. The molecule has 0 unspecified atom stereocenters. The topological polar surface area (TPSA) is 120 Å². The first-order valence-electron chi connectivity index (χ1n) is 12.9. The third-order valence-corrected chi connectivity index (χ3v) is 5.73. The van der Waals surface area contributed by atoms with E-state index in [1.54, 1.807) is 0 Å². The van der Waals surface area contributed by atoms with Crippen molar-refractivity contribution in [1.29, 1.82) is 0 Å². The van der Waals surface area contributed by atoms with Gasteiger partial charge in [-0.05, 0) is 34.1 Å². The minimum Gasteiger partial charge on any atom is -0.377 e. The highest BCUT2D eigenvalue weighted by Gasteiger charge is 2.28. The van der Waals surface area contributed by atoms with Gasteiger partial charge in [0.1, 0.15) is 5.78 Å². The smallest absolute Gasteiger partial charge is 0.253 e. The number of nitrogens with one attached hydrogen (secondary N) is 1. The van der Waals surface area contributed by atoms with Crippen LogP contribution in [0.5, 0.6) is 0 Å². The molecule has 0 saturated carbocycles. The van der Waals surface area contributed by atoms with Crippen LogP contribution in [-0.4, -0.2) is 92.3 Å². The Morgan fingerprint density at radius 3 is 1.95 bits per heavy atom. The number of carbonyl (C=O) groups is 4. The lowest BCUT2D eigenvalue weighted by Crippen LogP contribution is -2.38. The largest absolute Gasteiger partial charge is 0.377 e. The summed E-state index contributed by atoms with van der Waals surface area (Å²) in [4.78, 5) is 47.9. The van der Waals surface area contributed by atoms with Crippen LogP contribution in [0.15, 0.2) is 12.2 Å². The summed E-state index contributed by atoms with van der Waals surface area (Å²) in [7, 11) is 0. The molecule has 1 N–H and O–H groups in total. The molecule has 0 aliphatic carbocycles. The average Bonchev–Trinajstić information content (AvgIpc) is 3.12. The van der Waals surface area contributed by atoms with Crippen molar-refractivity contribution in [3.05, 3.63) is 12.2 Å². The molecule has 1 heterocycles.